The lowest BCUT2D eigenvalue weighted by Gasteiger charge is -2.20. The summed E-state index contributed by atoms with van der Waals surface area (Å²) in [4.78, 5) is 4.38. The van der Waals surface area contributed by atoms with Crippen LogP contribution < -0.4 is 0 Å². The van der Waals surface area contributed by atoms with Crippen LogP contribution in [0.3, 0.4) is 0 Å². The molecule has 0 bridgehead atoms. The molecule has 100 valence electrons. The summed E-state index contributed by atoms with van der Waals surface area (Å²) in [5.74, 6) is 0.392. The number of fused-ring (bicyclic) bond motifs is 1. The normalized spacial score (nSPS) is 14.1. The lowest BCUT2D eigenvalue weighted by Crippen LogP contribution is -2.03. The number of aromatic nitrogens is 1. The summed E-state index contributed by atoms with van der Waals surface area (Å²) < 4.78 is 0. The van der Waals surface area contributed by atoms with Gasteiger partial charge in [-0.15, -0.1) is 0 Å². The van der Waals surface area contributed by atoms with Crippen molar-refractivity contribution in [3.8, 4) is 0 Å². The monoisotopic (exact) mass is 325 g/mol. The Hall–Kier alpha value is -1.67. The molecular formula is C18H16BrN. The van der Waals surface area contributed by atoms with Gasteiger partial charge in [0.2, 0.25) is 0 Å². The molecule has 0 amide bonds. The average Bonchev–Trinajstić information content (AvgIpc) is 2.54. The Kier molecular flexibility index (Phi) is 3.83. The van der Waals surface area contributed by atoms with Crippen molar-refractivity contribution < 1.29 is 0 Å². The molecule has 0 saturated heterocycles. The summed E-state index contributed by atoms with van der Waals surface area (Å²) in [6.45, 7) is 2.25. The van der Waals surface area contributed by atoms with E-state index in [1.54, 1.807) is 0 Å². The van der Waals surface area contributed by atoms with E-state index in [-0.39, 0.29) is 4.83 Å². The van der Waals surface area contributed by atoms with Gasteiger partial charge >= 0.3 is 0 Å². The molecule has 3 rings (SSSR count). The van der Waals surface area contributed by atoms with Crippen molar-refractivity contribution in [1.29, 1.82) is 0 Å². The highest BCUT2D eigenvalue weighted by atomic mass is 79.9. The third kappa shape index (κ3) is 2.48. The second kappa shape index (κ2) is 5.76. The molecule has 20 heavy (non-hydrogen) atoms. The predicted molar refractivity (Wildman–Crippen MR) is 88.3 cm³/mol. The highest BCUT2D eigenvalue weighted by Crippen LogP contribution is 2.40. The molecule has 1 aromatic heterocycles. The van der Waals surface area contributed by atoms with E-state index in [1.807, 2.05) is 12.4 Å². The fourth-order valence-corrected chi connectivity index (χ4v) is 3.30. The highest BCUT2D eigenvalue weighted by molar-refractivity contribution is 9.09. The zero-order valence-electron chi connectivity index (χ0n) is 11.3. The minimum atomic E-state index is 0.288. The van der Waals surface area contributed by atoms with Gasteiger partial charge in [0.25, 0.3) is 0 Å². The smallest absolute Gasteiger partial charge is 0.0467 e. The number of hydrogen-bond acceptors (Lipinski definition) is 1. The molecule has 1 nitrogen and oxygen atoms in total. The van der Waals surface area contributed by atoms with Gasteiger partial charge in [0.1, 0.15) is 0 Å². The molecule has 0 fully saturated rings. The number of hydrogen-bond donors (Lipinski definition) is 0. The van der Waals surface area contributed by atoms with Crippen molar-refractivity contribution >= 4 is 26.7 Å². The predicted octanol–water partition coefficient (Wildman–Crippen LogP) is 5.47. The van der Waals surface area contributed by atoms with Gasteiger partial charge in [-0.3, -0.25) is 4.98 Å². The van der Waals surface area contributed by atoms with Crippen LogP contribution in [-0.2, 0) is 0 Å². The summed E-state index contributed by atoms with van der Waals surface area (Å²) in [6, 6.07) is 19.2. The van der Waals surface area contributed by atoms with Gasteiger partial charge in [0.05, 0.1) is 0 Å². The van der Waals surface area contributed by atoms with Crippen molar-refractivity contribution in [2.24, 2.45) is 0 Å². The van der Waals surface area contributed by atoms with Crippen LogP contribution in [0, 0.1) is 0 Å². The van der Waals surface area contributed by atoms with Crippen LogP contribution >= 0.6 is 15.9 Å². The van der Waals surface area contributed by atoms with Gasteiger partial charge in [0, 0.05) is 17.2 Å². The Labute approximate surface area is 127 Å². The third-order valence-electron chi connectivity index (χ3n) is 3.79. The Morgan fingerprint density at radius 3 is 2.40 bits per heavy atom. The topological polar surface area (TPSA) is 12.9 Å². The lowest BCUT2D eigenvalue weighted by atomic mass is 9.91. The Morgan fingerprint density at radius 2 is 1.60 bits per heavy atom. The second-order valence-electron chi connectivity index (χ2n) is 5.04. The first-order valence-electron chi connectivity index (χ1n) is 6.79. The molecule has 0 N–H and O–H groups in total. The molecule has 0 aliphatic carbocycles. The van der Waals surface area contributed by atoms with Gasteiger partial charge < -0.3 is 0 Å². The summed E-state index contributed by atoms with van der Waals surface area (Å²) in [5.41, 5.74) is 2.64. The first-order valence-corrected chi connectivity index (χ1v) is 7.70. The number of benzene rings is 2. The molecule has 2 heteroatoms. The summed E-state index contributed by atoms with van der Waals surface area (Å²) >= 11 is 3.89. The van der Waals surface area contributed by atoms with Crippen LogP contribution in [-0.4, -0.2) is 4.98 Å². The van der Waals surface area contributed by atoms with Crippen LogP contribution in [0.5, 0.6) is 0 Å². The van der Waals surface area contributed by atoms with E-state index in [1.165, 1.54) is 21.9 Å². The third-order valence-corrected chi connectivity index (χ3v) is 5.08. The molecule has 2 atom stereocenters. The van der Waals surface area contributed by atoms with Crippen molar-refractivity contribution in [2.45, 2.75) is 17.7 Å². The lowest BCUT2D eigenvalue weighted by molar-refractivity contribution is 0.754. The van der Waals surface area contributed by atoms with E-state index in [9.17, 15) is 0 Å². The van der Waals surface area contributed by atoms with Crippen molar-refractivity contribution in [3.05, 3.63) is 78.1 Å². The van der Waals surface area contributed by atoms with E-state index in [0.29, 0.717) is 5.92 Å². The standard InChI is InChI=1S/C18H16BrN/c1-13(14-9-11-20-12-10-14)18(19)17-8-4-6-15-5-2-3-7-16(15)17/h2-13,18H,1H3. The van der Waals surface area contributed by atoms with Crippen LogP contribution in [0.1, 0.15) is 28.8 Å². The van der Waals surface area contributed by atoms with E-state index in [4.69, 9.17) is 0 Å². The fraction of sp³-hybridized carbons (Fsp3) is 0.167. The Balaban J connectivity index is 2.03. The number of nitrogens with zero attached hydrogens (tertiary/aromatic N) is 1. The minimum absolute atomic E-state index is 0.288. The zero-order chi connectivity index (χ0) is 13.9. The van der Waals surface area contributed by atoms with Crippen molar-refractivity contribution in [3.63, 3.8) is 0 Å². The maximum absolute atomic E-state index is 4.09. The average molecular weight is 326 g/mol. The first-order chi connectivity index (χ1) is 9.77. The van der Waals surface area contributed by atoms with E-state index >= 15 is 0 Å². The molecule has 0 aliphatic rings. The van der Waals surface area contributed by atoms with Crippen LogP contribution in [0.4, 0.5) is 0 Å². The Morgan fingerprint density at radius 1 is 0.900 bits per heavy atom. The first kappa shape index (κ1) is 13.3. The fourth-order valence-electron chi connectivity index (χ4n) is 2.60. The van der Waals surface area contributed by atoms with Gasteiger partial charge in [-0.25, -0.2) is 0 Å². The molecule has 1 heterocycles. The number of rotatable bonds is 3. The Bertz CT molecular complexity index is 703. The summed E-state index contributed by atoms with van der Waals surface area (Å²) in [7, 11) is 0. The largest absolute Gasteiger partial charge is 0.265 e. The quantitative estimate of drug-likeness (QED) is 0.581. The van der Waals surface area contributed by atoms with E-state index < -0.39 is 0 Å². The summed E-state index contributed by atoms with van der Waals surface area (Å²) in [5, 5.41) is 2.61. The van der Waals surface area contributed by atoms with Crippen molar-refractivity contribution in [2.75, 3.05) is 0 Å². The SMILES string of the molecule is CC(c1ccncc1)C(Br)c1cccc2ccccc12. The molecule has 0 spiro atoms. The summed E-state index contributed by atoms with van der Waals surface area (Å²) in [6.07, 6.45) is 3.71. The molecule has 0 aliphatic heterocycles. The highest BCUT2D eigenvalue weighted by Gasteiger charge is 2.19. The number of halogens is 1. The molecule has 0 radical (unpaired) electrons. The van der Waals surface area contributed by atoms with E-state index in [0.717, 1.165) is 0 Å². The second-order valence-corrected chi connectivity index (χ2v) is 6.03. The van der Waals surface area contributed by atoms with Gasteiger partial charge in [0.15, 0.2) is 0 Å². The minimum Gasteiger partial charge on any atom is -0.265 e. The number of pyridine rings is 1. The van der Waals surface area contributed by atoms with Gasteiger partial charge in [-0.05, 0) is 39.9 Å². The zero-order valence-corrected chi connectivity index (χ0v) is 12.9. The van der Waals surface area contributed by atoms with Crippen LogP contribution in [0.15, 0.2) is 67.0 Å². The van der Waals surface area contributed by atoms with Crippen LogP contribution in [0.25, 0.3) is 10.8 Å². The van der Waals surface area contributed by atoms with E-state index in [2.05, 4.69) is 82.4 Å². The maximum atomic E-state index is 4.09. The van der Waals surface area contributed by atoms with Crippen LogP contribution in [0.2, 0.25) is 0 Å². The molecule has 3 aromatic rings. The van der Waals surface area contributed by atoms with Gasteiger partial charge in [-0.1, -0.05) is 65.3 Å². The molecule has 2 unspecified atom stereocenters. The molecule has 2 aromatic carbocycles. The molecule has 0 saturated carbocycles. The maximum Gasteiger partial charge on any atom is 0.0467 e. The number of alkyl halides is 1. The van der Waals surface area contributed by atoms with Gasteiger partial charge in [-0.2, -0.15) is 0 Å². The van der Waals surface area contributed by atoms with Crippen molar-refractivity contribution in [1.82, 2.24) is 4.98 Å². The molecular weight excluding hydrogens is 310 g/mol.